The first-order valence-corrected chi connectivity index (χ1v) is 4.81. The highest BCUT2D eigenvalue weighted by atomic mass is 19.1. The molecule has 0 spiro atoms. The van der Waals surface area contributed by atoms with E-state index < -0.39 is 42.1 Å². The molecule has 0 aromatic carbocycles. The molecule has 4 atom stereocenters. The number of rotatable bonds is 3. The summed E-state index contributed by atoms with van der Waals surface area (Å²) in [6.45, 7) is -0.989. The second-order valence-electron chi connectivity index (χ2n) is 3.59. The van der Waals surface area contributed by atoms with Gasteiger partial charge in [0.2, 0.25) is 6.23 Å². The van der Waals surface area contributed by atoms with Gasteiger partial charge in [0.1, 0.15) is 37.4 Å². The van der Waals surface area contributed by atoms with E-state index in [4.69, 9.17) is 4.74 Å². The normalized spacial score (nSPS) is 32.9. The number of imidazole rings is 1. The van der Waals surface area contributed by atoms with Gasteiger partial charge in [0, 0.05) is 0 Å². The topological polar surface area (TPSA) is 111 Å². The summed E-state index contributed by atoms with van der Waals surface area (Å²) in [4.78, 5) is 13.3. The number of nitrogens with zero attached hydrogens (tertiary/aromatic N) is 3. The Morgan fingerprint density at radius 2 is 2.29 bits per heavy atom. The SMILES string of the molecule is O=[N+]([O-])c1nccn1[C@@H]1O[C@H](CF)[C@@H](O)[C@@H]1O. The van der Waals surface area contributed by atoms with Crippen molar-refractivity contribution in [3.63, 3.8) is 0 Å². The average molecular weight is 247 g/mol. The van der Waals surface area contributed by atoms with Crippen molar-refractivity contribution in [3.05, 3.63) is 22.5 Å². The fourth-order valence-corrected chi connectivity index (χ4v) is 1.73. The third-order valence-corrected chi connectivity index (χ3v) is 2.57. The molecule has 1 saturated heterocycles. The molecular formula is C8H10FN3O5. The standard InChI is InChI=1S/C8H10FN3O5/c9-3-4-5(13)6(14)7(17-4)11-2-1-10-8(11)12(15)16/h1-2,4-7,13-14H,3H2/t4-,5-,6+,7-/m1/s1. The molecule has 94 valence electrons. The second kappa shape index (κ2) is 4.35. The molecule has 2 N–H and O–H groups in total. The largest absolute Gasteiger partial charge is 0.436 e. The zero-order valence-corrected chi connectivity index (χ0v) is 8.51. The van der Waals surface area contributed by atoms with E-state index >= 15 is 0 Å². The lowest BCUT2D eigenvalue weighted by Crippen LogP contribution is -2.32. The van der Waals surface area contributed by atoms with Crippen LogP contribution in [0.4, 0.5) is 10.3 Å². The van der Waals surface area contributed by atoms with Crippen LogP contribution in [0, 0.1) is 10.1 Å². The van der Waals surface area contributed by atoms with Gasteiger partial charge in [-0.25, -0.2) is 4.39 Å². The first-order chi connectivity index (χ1) is 8.06. The Bertz CT molecular complexity index is 425. The molecule has 1 aliphatic rings. The van der Waals surface area contributed by atoms with Crippen LogP contribution >= 0.6 is 0 Å². The third kappa shape index (κ3) is 1.88. The fraction of sp³-hybridized carbons (Fsp3) is 0.625. The van der Waals surface area contributed by atoms with E-state index in [-0.39, 0.29) is 0 Å². The van der Waals surface area contributed by atoms with E-state index in [1.54, 1.807) is 0 Å². The molecule has 0 unspecified atom stereocenters. The summed E-state index contributed by atoms with van der Waals surface area (Å²) < 4.78 is 18.4. The van der Waals surface area contributed by atoms with Gasteiger partial charge < -0.3 is 25.1 Å². The van der Waals surface area contributed by atoms with Gasteiger partial charge in [-0.2, -0.15) is 4.57 Å². The minimum Gasteiger partial charge on any atom is -0.390 e. The minimum absolute atomic E-state index is 0.541. The number of halogens is 1. The van der Waals surface area contributed by atoms with E-state index in [9.17, 15) is 24.7 Å². The molecule has 9 heteroatoms. The van der Waals surface area contributed by atoms with Crippen LogP contribution in [0.1, 0.15) is 6.23 Å². The monoisotopic (exact) mass is 247 g/mol. The number of hydrogen-bond acceptors (Lipinski definition) is 6. The maximum Gasteiger partial charge on any atom is 0.436 e. The number of aliphatic hydroxyl groups excluding tert-OH is 2. The van der Waals surface area contributed by atoms with Crippen molar-refractivity contribution in [3.8, 4) is 0 Å². The van der Waals surface area contributed by atoms with E-state index in [0.29, 0.717) is 0 Å². The van der Waals surface area contributed by atoms with Crippen molar-refractivity contribution in [1.82, 2.24) is 9.55 Å². The van der Waals surface area contributed by atoms with Gasteiger partial charge in [-0.05, 0) is 4.92 Å². The van der Waals surface area contributed by atoms with E-state index in [1.165, 1.54) is 6.20 Å². The van der Waals surface area contributed by atoms with Crippen LogP contribution in [-0.4, -0.2) is 49.7 Å². The Morgan fingerprint density at radius 1 is 1.59 bits per heavy atom. The van der Waals surface area contributed by atoms with E-state index in [1.807, 2.05) is 0 Å². The molecule has 0 aliphatic carbocycles. The van der Waals surface area contributed by atoms with Gasteiger partial charge in [0.25, 0.3) is 0 Å². The molecule has 2 heterocycles. The quantitative estimate of drug-likeness (QED) is 0.544. The number of hydrogen-bond donors (Lipinski definition) is 2. The summed E-state index contributed by atoms with van der Waals surface area (Å²) in [6, 6.07) is 0. The second-order valence-corrected chi connectivity index (χ2v) is 3.59. The van der Waals surface area contributed by atoms with Crippen LogP contribution in [0.3, 0.4) is 0 Å². The lowest BCUT2D eigenvalue weighted by molar-refractivity contribution is -0.398. The van der Waals surface area contributed by atoms with Crippen LogP contribution in [0.2, 0.25) is 0 Å². The summed E-state index contributed by atoms with van der Waals surface area (Å²) in [5.41, 5.74) is 0. The Balaban J connectivity index is 2.29. The predicted molar refractivity (Wildman–Crippen MR) is 50.8 cm³/mol. The maximum absolute atomic E-state index is 12.4. The molecule has 1 aliphatic heterocycles. The lowest BCUT2D eigenvalue weighted by atomic mass is 10.1. The Labute approximate surface area is 94.4 Å². The predicted octanol–water partition coefficient (Wildman–Crippen LogP) is -0.620. The number of alkyl halides is 1. The third-order valence-electron chi connectivity index (χ3n) is 2.57. The minimum atomic E-state index is -1.44. The number of aromatic nitrogens is 2. The highest BCUT2D eigenvalue weighted by Crippen LogP contribution is 2.31. The number of ether oxygens (including phenoxy) is 1. The van der Waals surface area contributed by atoms with Gasteiger partial charge >= 0.3 is 5.95 Å². The smallest absolute Gasteiger partial charge is 0.390 e. The van der Waals surface area contributed by atoms with Crippen LogP contribution in [0.5, 0.6) is 0 Å². The summed E-state index contributed by atoms with van der Waals surface area (Å²) in [7, 11) is 0. The molecule has 2 rings (SSSR count). The number of nitro groups is 1. The fourth-order valence-electron chi connectivity index (χ4n) is 1.73. The molecular weight excluding hydrogens is 237 g/mol. The van der Waals surface area contributed by atoms with Crippen LogP contribution in [-0.2, 0) is 4.74 Å². The molecule has 0 bridgehead atoms. The lowest BCUT2D eigenvalue weighted by Gasteiger charge is -2.13. The van der Waals surface area contributed by atoms with Crippen LogP contribution < -0.4 is 0 Å². The Morgan fingerprint density at radius 3 is 2.82 bits per heavy atom. The van der Waals surface area contributed by atoms with Gasteiger partial charge in [-0.1, -0.05) is 4.98 Å². The summed E-state index contributed by atoms with van der Waals surface area (Å²) >= 11 is 0. The van der Waals surface area contributed by atoms with E-state index in [0.717, 1.165) is 10.8 Å². The van der Waals surface area contributed by atoms with Crippen molar-refractivity contribution in [2.24, 2.45) is 0 Å². The van der Waals surface area contributed by atoms with Crippen LogP contribution in [0.25, 0.3) is 0 Å². The summed E-state index contributed by atoms with van der Waals surface area (Å²) in [5.74, 6) is -0.541. The maximum atomic E-state index is 12.4. The molecule has 17 heavy (non-hydrogen) atoms. The van der Waals surface area contributed by atoms with Crippen molar-refractivity contribution >= 4 is 5.95 Å². The van der Waals surface area contributed by atoms with Gasteiger partial charge in [0.05, 0.1) is 0 Å². The first-order valence-electron chi connectivity index (χ1n) is 4.81. The average Bonchev–Trinajstić information content (AvgIpc) is 2.86. The van der Waals surface area contributed by atoms with Crippen molar-refractivity contribution < 1.29 is 24.3 Å². The highest BCUT2D eigenvalue weighted by molar-refractivity contribution is 5.09. The first kappa shape index (κ1) is 11.9. The van der Waals surface area contributed by atoms with Gasteiger partial charge in [-0.15, -0.1) is 0 Å². The molecule has 1 aromatic heterocycles. The summed E-state index contributed by atoms with van der Waals surface area (Å²) in [5, 5.41) is 29.7. The molecule has 1 fully saturated rings. The summed E-state index contributed by atoms with van der Waals surface area (Å²) in [6.07, 6.45) is -2.90. The zero-order chi connectivity index (χ0) is 12.6. The Kier molecular flexibility index (Phi) is 3.05. The van der Waals surface area contributed by atoms with Gasteiger partial charge in [0.15, 0.2) is 0 Å². The molecule has 0 saturated carbocycles. The number of aliphatic hydroxyl groups is 2. The van der Waals surface area contributed by atoms with Crippen molar-refractivity contribution in [1.29, 1.82) is 0 Å². The van der Waals surface area contributed by atoms with Crippen LogP contribution in [0.15, 0.2) is 12.4 Å². The van der Waals surface area contributed by atoms with Crippen molar-refractivity contribution in [2.45, 2.75) is 24.5 Å². The highest BCUT2D eigenvalue weighted by Gasteiger charge is 2.46. The molecule has 8 nitrogen and oxygen atoms in total. The van der Waals surface area contributed by atoms with Gasteiger partial charge in [-0.3, -0.25) is 0 Å². The zero-order valence-electron chi connectivity index (χ0n) is 8.51. The molecule has 1 aromatic rings. The Hall–Kier alpha value is -1.58. The molecule has 0 radical (unpaired) electrons. The van der Waals surface area contributed by atoms with Crippen molar-refractivity contribution in [2.75, 3.05) is 6.67 Å². The molecule has 0 amide bonds. The van der Waals surface area contributed by atoms with E-state index in [2.05, 4.69) is 4.98 Å².